The van der Waals surface area contributed by atoms with E-state index in [2.05, 4.69) is 5.32 Å². The molecule has 1 aromatic rings. The molecular weight excluding hydrogens is 214 g/mol. The number of nitrogens with two attached hydrogens (primary N) is 1. The summed E-state index contributed by atoms with van der Waals surface area (Å²) in [5.41, 5.74) is 6.73. The fourth-order valence-electron chi connectivity index (χ4n) is 1.74. The Morgan fingerprint density at radius 1 is 1.35 bits per heavy atom. The van der Waals surface area contributed by atoms with Crippen LogP contribution in [0.3, 0.4) is 0 Å². The van der Waals surface area contributed by atoms with Crippen molar-refractivity contribution in [2.45, 2.75) is 19.0 Å². The van der Waals surface area contributed by atoms with E-state index in [4.69, 9.17) is 5.73 Å². The predicted octanol–water partition coefficient (Wildman–Crippen LogP) is 0.753. The van der Waals surface area contributed by atoms with Crippen LogP contribution in [0.15, 0.2) is 30.3 Å². The minimum atomic E-state index is -0.596. The number of benzene rings is 1. The Labute approximate surface area is 103 Å². The van der Waals surface area contributed by atoms with Crippen LogP contribution < -0.4 is 11.1 Å². The summed E-state index contributed by atoms with van der Waals surface area (Å²) in [4.78, 5) is 13.9. The van der Waals surface area contributed by atoms with E-state index in [9.17, 15) is 4.79 Å². The van der Waals surface area contributed by atoms with E-state index in [1.165, 1.54) is 0 Å². The minimum Gasteiger partial charge on any atom is -0.351 e. The smallest absolute Gasteiger partial charge is 0.241 e. The fourth-order valence-corrected chi connectivity index (χ4v) is 1.74. The molecule has 0 aliphatic carbocycles. The van der Waals surface area contributed by atoms with Gasteiger partial charge in [-0.25, -0.2) is 0 Å². The van der Waals surface area contributed by atoms with Crippen molar-refractivity contribution in [1.82, 2.24) is 10.2 Å². The number of carbonyl (C=O) groups is 1. The van der Waals surface area contributed by atoms with Crippen molar-refractivity contribution < 1.29 is 4.79 Å². The molecule has 1 unspecified atom stereocenters. The van der Waals surface area contributed by atoms with E-state index in [-0.39, 0.29) is 11.9 Å². The van der Waals surface area contributed by atoms with Crippen LogP contribution in [0.25, 0.3) is 0 Å². The number of amides is 1. The lowest BCUT2D eigenvalue weighted by molar-refractivity contribution is -0.123. The molecule has 0 aliphatic rings. The van der Waals surface area contributed by atoms with Gasteiger partial charge in [-0.2, -0.15) is 0 Å². The van der Waals surface area contributed by atoms with Crippen molar-refractivity contribution in [3.63, 3.8) is 0 Å². The number of nitrogens with zero attached hydrogens (tertiary/aromatic N) is 1. The van der Waals surface area contributed by atoms with Crippen LogP contribution in [-0.2, 0) is 4.79 Å². The molecule has 0 fully saturated rings. The Kier molecular flexibility index (Phi) is 5.12. The van der Waals surface area contributed by atoms with Gasteiger partial charge >= 0.3 is 0 Å². The van der Waals surface area contributed by atoms with E-state index in [0.717, 1.165) is 12.1 Å². The molecule has 0 aliphatic heterocycles. The third-order valence-corrected chi connectivity index (χ3v) is 2.47. The van der Waals surface area contributed by atoms with Gasteiger partial charge in [-0.05, 0) is 26.6 Å². The number of likely N-dealkylation sites (N-methyl/N-ethyl adjacent to an activating group) is 1. The average molecular weight is 235 g/mol. The highest BCUT2D eigenvalue weighted by Gasteiger charge is 2.17. The molecule has 0 heterocycles. The van der Waals surface area contributed by atoms with Crippen LogP contribution in [0.4, 0.5) is 0 Å². The molecule has 3 N–H and O–H groups in total. The second kappa shape index (κ2) is 6.37. The highest BCUT2D eigenvalue weighted by atomic mass is 16.2. The summed E-state index contributed by atoms with van der Waals surface area (Å²) in [6, 6.07) is 8.88. The summed E-state index contributed by atoms with van der Waals surface area (Å²) < 4.78 is 0. The first kappa shape index (κ1) is 13.7. The maximum Gasteiger partial charge on any atom is 0.241 e. The predicted molar refractivity (Wildman–Crippen MR) is 69.5 cm³/mol. The van der Waals surface area contributed by atoms with E-state index >= 15 is 0 Å². The van der Waals surface area contributed by atoms with Gasteiger partial charge in [-0.3, -0.25) is 4.79 Å². The largest absolute Gasteiger partial charge is 0.351 e. The Hall–Kier alpha value is -1.39. The summed E-state index contributed by atoms with van der Waals surface area (Å²) in [5.74, 6) is -0.134. The van der Waals surface area contributed by atoms with Gasteiger partial charge in [0, 0.05) is 12.6 Å². The molecule has 17 heavy (non-hydrogen) atoms. The van der Waals surface area contributed by atoms with Crippen LogP contribution in [0.5, 0.6) is 0 Å². The lowest BCUT2D eigenvalue weighted by atomic mass is 10.1. The quantitative estimate of drug-likeness (QED) is 0.792. The number of rotatable bonds is 5. The van der Waals surface area contributed by atoms with Crippen LogP contribution in [0, 0.1) is 0 Å². The van der Waals surface area contributed by atoms with Crippen molar-refractivity contribution in [2.24, 2.45) is 5.73 Å². The Bertz CT molecular complexity index is 351. The van der Waals surface area contributed by atoms with Crippen LogP contribution in [0.2, 0.25) is 0 Å². The van der Waals surface area contributed by atoms with Crippen molar-refractivity contribution in [3.8, 4) is 0 Å². The van der Waals surface area contributed by atoms with Gasteiger partial charge in [0.15, 0.2) is 0 Å². The molecule has 4 heteroatoms. The molecular formula is C13H21N3O. The summed E-state index contributed by atoms with van der Waals surface area (Å²) >= 11 is 0. The van der Waals surface area contributed by atoms with Gasteiger partial charge in [0.1, 0.15) is 6.04 Å². The molecule has 0 bridgehead atoms. The summed E-state index contributed by atoms with van der Waals surface area (Å²) in [7, 11) is 3.94. The molecule has 0 saturated heterocycles. The fraction of sp³-hybridized carbons (Fsp3) is 0.462. The molecule has 1 amide bonds. The molecule has 0 aromatic heterocycles. The molecule has 0 spiro atoms. The Morgan fingerprint density at radius 2 is 1.94 bits per heavy atom. The SMILES string of the molecule is CC(CN(C)C)NC(=O)[C@@H](N)c1ccccc1. The van der Waals surface area contributed by atoms with Crippen LogP contribution in [0.1, 0.15) is 18.5 Å². The average Bonchev–Trinajstić information content (AvgIpc) is 2.28. The zero-order valence-corrected chi connectivity index (χ0v) is 10.7. The number of hydrogen-bond donors (Lipinski definition) is 2. The summed E-state index contributed by atoms with van der Waals surface area (Å²) in [5, 5.41) is 2.90. The summed E-state index contributed by atoms with van der Waals surface area (Å²) in [6.07, 6.45) is 0. The number of hydrogen-bond acceptors (Lipinski definition) is 3. The molecule has 4 nitrogen and oxygen atoms in total. The minimum absolute atomic E-state index is 0.0901. The molecule has 1 aromatic carbocycles. The summed E-state index contributed by atoms with van der Waals surface area (Å²) in [6.45, 7) is 2.77. The standard InChI is InChI=1S/C13H21N3O/c1-10(9-16(2)3)15-13(17)12(14)11-7-5-4-6-8-11/h4-8,10,12H,9,14H2,1-3H3,(H,15,17)/t10?,12-/m0/s1. The van der Waals surface area contributed by atoms with Gasteiger partial charge in [0.25, 0.3) is 0 Å². The monoisotopic (exact) mass is 235 g/mol. The first-order chi connectivity index (χ1) is 8.00. The maximum atomic E-state index is 11.9. The molecule has 2 atom stereocenters. The van der Waals surface area contributed by atoms with Crippen LogP contribution in [-0.4, -0.2) is 37.5 Å². The van der Waals surface area contributed by atoms with Crippen molar-refractivity contribution in [1.29, 1.82) is 0 Å². The topological polar surface area (TPSA) is 58.4 Å². The first-order valence-corrected chi connectivity index (χ1v) is 5.76. The van der Waals surface area contributed by atoms with Gasteiger partial charge in [0.2, 0.25) is 5.91 Å². The van der Waals surface area contributed by atoms with E-state index in [1.54, 1.807) is 0 Å². The molecule has 1 rings (SSSR count). The molecule has 0 radical (unpaired) electrons. The molecule has 94 valence electrons. The van der Waals surface area contributed by atoms with Gasteiger partial charge < -0.3 is 16.0 Å². The van der Waals surface area contributed by atoms with E-state index in [1.807, 2.05) is 56.3 Å². The second-order valence-electron chi connectivity index (χ2n) is 4.56. The van der Waals surface area contributed by atoms with Crippen LogP contribution >= 0.6 is 0 Å². The van der Waals surface area contributed by atoms with Gasteiger partial charge in [-0.15, -0.1) is 0 Å². The Balaban J connectivity index is 2.53. The highest BCUT2D eigenvalue weighted by Crippen LogP contribution is 2.09. The Morgan fingerprint density at radius 3 is 2.47 bits per heavy atom. The first-order valence-electron chi connectivity index (χ1n) is 5.76. The van der Waals surface area contributed by atoms with Gasteiger partial charge in [0.05, 0.1) is 0 Å². The van der Waals surface area contributed by atoms with Crippen molar-refractivity contribution in [2.75, 3.05) is 20.6 Å². The van der Waals surface area contributed by atoms with E-state index < -0.39 is 6.04 Å². The second-order valence-corrected chi connectivity index (χ2v) is 4.56. The zero-order chi connectivity index (χ0) is 12.8. The lowest BCUT2D eigenvalue weighted by Crippen LogP contribution is -2.43. The zero-order valence-electron chi connectivity index (χ0n) is 10.7. The van der Waals surface area contributed by atoms with Crippen molar-refractivity contribution in [3.05, 3.63) is 35.9 Å². The van der Waals surface area contributed by atoms with E-state index in [0.29, 0.717) is 0 Å². The maximum absolute atomic E-state index is 11.9. The highest BCUT2D eigenvalue weighted by molar-refractivity contribution is 5.83. The number of carbonyl (C=O) groups excluding carboxylic acids is 1. The van der Waals surface area contributed by atoms with Crippen molar-refractivity contribution >= 4 is 5.91 Å². The van der Waals surface area contributed by atoms with Gasteiger partial charge in [-0.1, -0.05) is 30.3 Å². The molecule has 0 saturated carbocycles. The normalized spacial score (nSPS) is 14.4. The number of nitrogens with one attached hydrogen (secondary N) is 1. The third kappa shape index (κ3) is 4.54. The lowest BCUT2D eigenvalue weighted by Gasteiger charge is -2.20. The third-order valence-electron chi connectivity index (χ3n) is 2.47.